The molecule has 0 radical (unpaired) electrons. The van der Waals surface area contributed by atoms with Gasteiger partial charge < -0.3 is 19.9 Å². The van der Waals surface area contributed by atoms with Crippen LogP contribution in [0.4, 0.5) is 5.69 Å². The predicted octanol–water partition coefficient (Wildman–Crippen LogP) is 5.17. The normalized spacial score (nSPS) is 10.8. The molecular weight excluding hydrogens is 444 g/mol. The predicted molar refractivity (Wildman–Crippen MR) is 124 cm³/mol. The van der Waals surface area contributed by atoms with E-state index in [1.807, 2.05) is 18.2 Å². The highest BCUT2D eigenvalue weighted by Gasteiger charge is 2.15. The lowest BCUT2D eigenvalue weighted by Gasteiger charge is -2.12. The van der Waals surface area contributed by atoms with E-state index in [1.54, 1.807) is 42.5 Å². The number of methoxy groups -OCH3 is 1. The molecule has 0 aliphatic heterocycles. The van der Waals surface area contributed by atoms with Crippen molar-refractivity contribution in [1.82, 2.24) is 0 Å². The van der Waals surface area contributed by atoms with Gasteiger partial charge in [-0.25, -0.2) is 4.79 Å². The fourth-order valence-electron chi connectivity index (χ4n) is 2.92. The van der Waals surface area contributed by atoms with Crippen LogP contribution in [0.1, 0.15) is 21.5 Å². The molecule has 3 aromatic rings. The number of ether oxygens (including phenoxy) is 2. The molecule has 8 heteroatoms. The highest BCUT2D eigenvalue weighted by molar-refractivity contribution is 6.30. The Morgan fingerprint density at radius 2 is 1.82 bits per heavy atom. The molecule has 0 aliphatic rings. The Morgan fingerprint density at radius 3 is 2.48 bits per heavy atom. The number of para-hydroxylation sites is 1. The molecule has 0 saturated heterocycles. The number of hydrogen-bond acceptors (Lipinski definition) is 5. The van der Waals surface area contributed by atoms with E-state index >= 15 is 0 Å². The summed E-state index contributed by atoms with van der Waals surface area (Å²) in [5.41, 5.74) is 1.28. The van der Waals surface area contributed by atoms with E-state index in [-0.39, 0.29) is 16.8 Å². The Labute approximate surface area is 195 Å². The van der Waals surface area contributed by atoms with Gasteiger partial charge in [0.25, 0.3) is 5.91 Å². The van der Waals surface area contributed by atoms with Crippen molar-refractivity contribution in [3.05, 3.63) is 94.0 Å². The minimum atomic E-state index is -1.19. The topological polar surface area (TPSA) is 109 Å². The number of amides is 1. The zero-order valence-corrected chi connectivity index (χ0v) is 18.3. The van der Waals surface area contributed by atoms with Crippen LogP contribution in [0.5, 0.6) is 11.5 Å². The van der Waals surface area contributed by atoms with Crippen LogP contribution in [0.2, 0.25) is 5.02 Å². The lowest BCUT2D eigenvalue weighted by Crippen LogP contribution is -2.16. The summed E-state index contributed by atoms with van der Waals surface area (Å²) >= 11 is 5.89. The molecule has 0 heterocycles. The van der Waals surface area contributed by atoms with Crippen molar-refractivity contribution < 1.29 is 24.2 Å². The number of nitrogens with one attached hydrogen (secondary N) is 1. The number of nitrogens with zero attached hydrogens (tertiary/aromatic N) is 1. The summed E-state index contributed by atoms with van der Waals surface area (Å²) in [7, 11) is 1.48. The van der Waals surface area contributed by atoms with E-state index in [1.165, 1.54) is 25.3 Å². The first-order chi connectivity index (χ1) is 15.9. The number of aromatic carboxylic acids is 1. The Kier molecular flexibility index (Phi) is 7.68. The smallest absolute Gasteiger partial charge is 0.337 e. The van der Waals surface area contributed by atoms with Gasteiger partial charge in [0.2, 0.25) is 0 Å². The largest absolute Gasteiger partial charge is 0.493 e. The van der Waals surface area contributed by atoms with Gasteiger partial charge in [-0.1, -0.05) is 41.9 Å². The highest BCUT2D eigenvalue weighted by Crippen LogP contribution is 2.30. The third-order valence-electron chi connectivity index (χ3n) is 4.58. The van der Waals surface area contributed by atoms with Gasteiger partial charge in [-0.3, -0.25) is 4.79 Å². The van der Waals surface area contributed by atoms with Gasteiger partial charge >= 0.3 is 5.97 Å². The van der Waals surface area contributed by atoms with Crippen molar-refractivity contribution in [3.8, 4) is 17.6 Å². The molecule has 0 bridgehead atoms. The first kappa shape index (κ1) is 23.4. The third kappa shape index (κ3) is 6.12. The van der Waals surface area contributed by atoms with Gasteiger partial charge in [0.05, 0.1) is 18.4 Å². The minimum Gasteiger partial charge on any atom is -0.493 e. The molecule has 0 atom stereocenters. The third-order valence-corrected chi connectivity index (χ3v) is 4.83. The molecule has 1 amide bonds. The van der Waals surface area contributed by atoms with Gasteiger partial charge in [0, 0.05) is 5.02 Å². The maximum atomic E-state index is 12.6. The van der Waals surface area contributed by atoms with Gasteiger partial charge in [0.1, 0.15) is 18.2 Å². The molecule has 2 N–H and O–H groups in total. The van der Waals surface area contributed by atoms with Crippen LogP contribution in [-0.4, -0.2) is 24.1 Å². The number of carbonyl (C=O) groups excluding carboxylic acids is 1. The Hall–Kier alpha value is -4.28. The van der Waals surface area contributed by atoms with Crippen molar-refractivity contribution in [1.29, 1.82) is 5.26 Å². The Bertz CT molecular complexity index is 1250. The lowest BCUT2D eigenvalue weighted by atomic mass is 10.1. The molecule has 0 fully saturated rings. The Balaban J connectivity index is 1.78. The number of hydrogen-bond donors (Lipinski definition) is 2. The van der Waals surface area contributed by atoms with Crippen molar-refractivity contribution in [3.63, 3.8) is 0 Å². The zero-order chi connectivity index (χ0) is 23.8. The fraction of sp³-hybridized carbons (Fsp3) is 0.0800. The van der Waals surface area contributed by atoms with Crippen LogP contribution in [0.25, 0.3) is 6.08 Å². The molecule has 166 valence electrons. The second-order valence-corrected chi connectivity index (χ2v) is 7.24. The van der Waals surface area contributed by atoms with Crippen molar-refractivity contribution in [2.75, 3.05) is 12.4 Å². The molecule has 0 saturated carbocycles. The van der Waals surface area contributed by atoms with E-state index in [2.05, 4.69) is 5.32 Å². The van der Waals surface area contributed by atoms with Crippen molar-refractivity contribution in [2.45, 2.75) is 6.61 Å². The summed E-state index contributed by atoms with van der Waals surface area (Å²) in [6.45, 7) is 0.303. The average Bonchev–Trinajstić information content (AvgIpc) is 2.82. The summed E-state index contributed by atoms with van der Waals surface area (Å²) in [6, 6.07) is 20.0. The first-order valence-electron chi connectivity index (χ1n) is 9.72. The number of carboxylic acids is 1. The number of anilines is 1. The average molecular weight is 463 g/mol. The molecule has 3 rings (SSSR count). The van der Waals surface area contributed by atoms with Crippen LogP contribution in [0, 0.1) is 11.3 Å². The minimum absolute atomic E-state index is 0.0769. The summed E-state index contributed by atoms with van der Waals surface area (Å²) in [5, 5.41) is 21.8. The molecule has 7 nitrogen and oxygen atoms in total. The van der Waals surface area contributed by atoms with E-state index in [0.717, 1.165) is 5.56 Å². The van der Waals surface area contributed by atoms with Crippen LogP contribution in [-0.2, 0) is 11.4 Å². The summed E-state index contributed by atoms with van der Waals surface area (Å²) in [5.74, 6) is -1.00. The molecule has 0 unspecified atom stereocenters. The van der Waals surface area contributed by atoms with Gasteiger partial charge in [-0.05, 0) is 53.6 Å². The van der Waals surface area contributed by atoms with E-state index in [4.69, 9.17) is 21.1 Å². The van der Waals surface area contributed by atoms with Gasteiger partial charge in [-0.15, -0.1) is 0 Å². The summed E-state index contributed by atoms with van der Waals surface area (Å²) in [4.78, 5) is 23.9. The molecule has 3 aromatic carbocycles. The molecule has 0 aromatic heterocycles. The number of halogens is 1. The number of carbonyl (C=O) groups is 2. The SMILES string of the molecule is COc1cc(/C=C(\C#N)C(=O)Nc2ccccc2C(=O)O)ccc1OCc1ccc(Cl)cc1. The quantitative estimate of drug-likeness (QED) is 0.353. The summed E-state index contributed by atoms with van der Waals surface area (Å²) in [6.07, 6.45) is 1.38. The zero-order valence-electron chi connectivity index (χ0n) is 17.5. The number of carboxylic acid groups (broad SMARTS) is 1. The maximum Gasteiger partial charge on any atom is 0.337 e. The molecular formula is C25H19ClN2O5. The maximum absolute atomic E-state index is 12.6. The highest BCUT2D eigenvalue weighted by atomic mass is 35.5. The van der Waals surface area contributed by atoms with E-state index in [9.17, 15) is 20.0 Å². The first-order valence-corrected chi connectivity index (χ1v) is 10.1. The van der Waals surface area contributed by atoms with Crippen LogP contribution in [0.3, 0.4) is 0 Å². The van der Waals surface area contributed by atoms with Crippen LogP contribution in [0.15, 0.2) is 72.3 Å². The van der Waals surface area contributed by atoms with Crippen molar-refractivity contribution >= 4 is 35.2 Å². The van der Waals surface area contributed by atoms with Crippen LogP contribution < -0.4 is 14.8 Å². The number of benzene rings is 3. The molecule has 0 aliphatic carbocycles. The number of rotatable bonds is 8. The van der Waals surface area contributed by atoms with Crippen LogP contribution >= 0.6 is 11.6 Å². The molecule has 0 spiro atoms. The fourth-order valence-corrected chi connectivity index (χ4v) is 3.04. The van der Waals surface area contributed by atoms with Gasteiger partial charge in [0.15, 0.2) is 11.5 Å². The second kappa shape index (κ2) is 10.8. The Morgan fingerprint density at radius 1 is 1.09 bits per heavy atom. The standard InChI is InChI=1S/C25H19ClN2O5/c1-32-23-13-17(8-11-22(23)33-15-16-6-9-19(26)10-7-16)12-18(14-27)24(29)28-21-5-3-2-4-20(21)25(30)31/h2-13H,15H2,1H3,(H,28,29)(H,30,31)/b18-12+. The van der Waals surface area contributed by atoms with E-state index < -0.39 is 11.9 Å². The summed E-state index contributed by atoms with van der Waals surface area (Å²) < 4.78 is 11.2. The molecule has 33 heavy (non-hydrogen) atoms. The monoisotopic (exact) mass is 462 g/mol. The van der Waals surface area contributed by atoms with Gasteiger partial charge in [-0.2, -0.15) is 5.26 Å². The lowest BCUT2D eigenvalue weighted by molar-refractivity contribution is -0.112. The second-order valence-electron chi connectivity index (χ2n) is 6.80. The number of nitriles is 1. The van der Waals surface area contributed by atoms with Crippen molar-refractivity contribution in [2.24, 2.45) is 0 Å². The van der Waals surface area contributed by atoms with E-state index in [0.29, 0.717) is 28.7 Å².